The van der Waals surface area contributed by atoms with Crippen LogP contribution in [0.15, 0.2) is 12.1 Å². The van der Waals surface area contributed by atoms with E-state index in [2.05, 4.69) is 20.8 Å². The maximum Gasteiger partial charge on any atom is 0.174 e. The van der Waals surface area contributed by atoms with Crippen molar-refractivity contribution in [2.45, 2.75) is 32.2 Å². The number of fused-ring (bicyclic) bond motifs is 1. The minimum absolute atomic E-state index is 0.546. The number of nitrogens with zero attached hydrogens (tertiary/aromatic N) is 4. The second-order valence-corrected chi connectivity index (χ2v) is 6.46. The summed E-state index contributed by atoms with van der Waals surface area (Å²) in [5.41, 5.74) is 0.546. The lowest BCUT2D eigenvalue weighted by Gasteiger charge is -2.05. The van der Waals surface area contributed by atoms with Gasteiger partial charge in [0.05, 0.1) is 9.91 Å². The molecule has 20 heavy (non-hydrogen) atoms. The first-order chi connectivity index (χ1) is 9.78. The average molecular weight is 305 g/mol. The van der Waals surface area contributed by atoms with Crippen molar-refractivity contribution in [3.63, 3.8) is 0 Å². The molecule has 2 aromatic rings. The van der Waals surface area contributed by atoms with Gasteiger partial charge in [0.2, 0.25) is 0 Å². The summed E-state index contributed by atoms with van der Waals surface area (Å²) in [7, 11) is 0. The lowest BCUT2D eigenvalue weighted by molar-refractivity contribution is 0.627. The molecule has 0 unspecified atom stereocenters. The Morgan fingerprint density at radius 3 is 3.00 bits per heavy atom. The van der Waals surface area contributed by atoms with E-state index in [1.807, 2.05) is 18.2 Å². The molecule has 1 aliphatic heterocycles. The van der Waals surface area contributed by atoms with Crippen LogP contribution in [-0.4, -0.2) is 14.8 Å². The fraction of sp³-hybridized carbons (Fsp3) is 0.357. The Morgan fingerprint density at radius 2 is 2.25 bits per heavy atom. The third-order valence-electron chi connectivity index (χ3n) is 3.35. The zero-order valence-corrected chi connectivity index (χ0v) is 12.4. The molecule has 0 fully saturated rings. The predicted octanol–water partition coefficient (Wildman–Crippen LogP) is 3.78. The Kier molecular flexibility index (Phi) is 3.86. The molecule has 0 N–H and O–H groups in total. The Hall–Kier alpha value is -1.64. The lowest BCUT2D eigenvalue weighted by Crippen LogP contribution is -2.05. The number of hydrogen-bond donors (Lipinski definition) is 0. The van der Waals surface area contributed by atoms with E-state index in [1.165, 1.54) is 17.8 Å². The highest BCUT2D eigenvalue weighted by atomic mass is 35.5. The second kappa shape index (κ2) is 5.78. The van der Waals surface area contributed by atoms with Crippen LogP contribution in [0, 0.1) is 11.3 Å². The summed E-state index contributed by atoms with van der Waals surface area (Å²) in [4.78, 5) is 0.956. The van der Waals surface area contributed by atoms with Gasteiger partial charge in [-0.05, 0) is 31.1 Å². The molecule has 2 aromatic heterocycles. The van der Waals surface area contributed by atoms with E-state index in [1.54, 1.807) is 0 Å². The van der Waals surface area contributed by atoms with Crippen LogP contribution >= 0.6 is 22.9 Å². The van der Waals surface area contributed by atoms with Crippen LogP contribution < -0.4 is 0 Å². The zero-order chi connectivity index (χ0) is 13.9. The van der Waals surface area contributed by atoms with E-state index in [-0.39, 0.29) is 0 Å². The first-order valence-electron chi connectivity index (χ1n) is 6.57. The van der Waals surface area contributed by atoms with Crippen molar-refractivity contribution in [1.29, 1.82) is 5.26 Å². The third-order valence-corrected chi connectivity index (χ3v) is 4.53. The highest BCUT2D eigenvalue weighted by Crippen LogP contribution is 2.26. The molecule has 0 amide bonds. The van der Waals surface area contributed by atoms with Crippen molar-refractivity contribution in [2.24, 2.45) is 0 Å². The van der Waals surface area contributed by atoms with E-state index in [9.17, 15) is 5.26 Å². The summed E-state index contributed by atoms with van der Waals surface area (Å²) < 4.78 is 2.80. The fourth-order valence-corrected chi connectivity index (χ4v) is 3.38. The van der Waals surface area contributed by atoms with Gasteiger partial charge >= 0.3 is 0 Å². The van der Waals surface area contributed by atoms with Crippen LogP contribution in [0.4, 0.5) is 0 Å². The number of nitriles is 1. The number of allylic oxidation sites excluding steroid dienone is 1. The van der Waals surface area contributed by atoms with E-state index in [4.69, 9.17) is 11.6 Å². The highest BCUT2D eigenvalue weighted by molar-refractivity contribution is 7.17. The van der Waals surface area contributed by atoms with Crippen LogP contribution in [0.1, 0.15) is 35.8 Å². The van der Waals surface area contributed by atoms with Crippen molar-refractivity contribution in [3.8, 4) is 6.07 Å². The molecule has 0 atom stereocenters. The van der Waals surface area contributed by atoms with Gasteiger partial charge in [-0.15, -0.1) is 21.5 Å². The molecule has 3 rings (SSSR count). The second-order valence-electron chi connectivity index (χ2n) is 4.71. The van der Waals surface area contributed by atoms with Gasteiger partial charge in [-0.1, -0.05) is 18.0 Å². The standard InChI is InChI=1S/C14H13ClN4S/c15-12-6-5-11(20-12)8-10(9-16)14-18-17-13-4-2-1-3-7-19(13)14/h5-6,8H,1-4,7H2/b10-8+. The normalized spacial score (nSPS) is 15.5. The Morgan fingerprint density at radius 1 is 1.35 bits per heavy atom. The number of halogens is 1. The van der Waals surface area contributed by atoms with Gasteiger partial charge in [0.25, 0.3) is 0 Å². The molecule has 102 valence electrons. The van der Waals surface area contributed by atoms with Crippen LogP contribution in [0.25, 0.3) is 11.6 Å². The van der Waals surface area contributed by atoms with Gasteiger partial charge in [-0.2, -0.15) is 5.26 Å². The zero-order valence-electron chi connectivity index (χ0n) is 10.8. The molecule has 1 aliphatic rings. The van der Waals surface area contributed by atoms with E-state index < -0.39 is 0 Å². The van der Waals surface area contributed by atoms with Crippen molar-refractivity contribution >= 4 is 34.6 Å². The molecule has 6 heteroatoms. The van der Waals surface area contributed by atoms with E-state index in [0.717, 1.165) is 36.5 Å². The first kappa shape index (κ1) is 13.3. The number of rotatable bonds is 2. The molecule has 0 saturated carbocycles. The van der Waals surface area contributed by atoms with E-state index in [0.29, 0.717) is 15.7 Å². The maximum absolute atomic E-state index is 9.41. The fourth-order valence-electron chi connectivity index (χ4n) is 2.38. The topological polar surface area (TPSA) is 54.5 Å². The summed E-state index contributed by atoms with van der Waals surface area (Å²) >= 11 is 7.37. The molecule has 0 aromatic carbocycles. The quantitative estimate of drug-likeness (QED) is 0.793. The molecule has 0 radical (unpaired) electrons. The van der Waals surface area contributed by atoms with Gasteiger partial charge in [0.1, 0.15) is 11.9 Å². The van der Waals surface area contributed by atoms with E-state index >= 15 is 0 Å². The van der Waals surface area contributed by atoms with Crippen molar-refractivity contribution in [3.05, 3.63) is 33.0 Å². The molecule has 0 bridgehead atoms. The molecule has 0 aliphatic carbocycles. The number of aryl methyl sites for hydroxylation is 1. The Bertz CT molecular complexity index is 692. The monoisotopic (exact) mass is 304 g/mol. The summed E-state index contributed by atoms with van der Waals surface area (Å²) in [6, 6.07) is 5.97. The number of thiophene rings is 1. The largest absolute Gasteiger partial charge is 0.310 e. The summed E-state index contributed by atoms with van der Waals surface area (Å²) in [6.45, 7) is 0.891. The molecule has 3 heterocycles. The van der Waals surface area contributed by atoms with Gasteiger partial charge < -0.3 is 4.57 Å². The van der Waals surface area contributed by atoms with Gasteiger partial charge in [-0.25, -0.2) is 0 Å². The molecule has 0 spiro atoms. The van der Waals surface area contributed by atoms with Gasteiger partial charge in [0, 0.05) is 17.8 Å². The number of aromatic nitrogens is 3. The van der Waals surface area contributed by atoms with Crippen molar-refractivity contribution < 1.29 is 0 Å². The highest BCUT2D eigenvalue weighted by Gasteiger charge is 2.17. The SMILES string of the molecule is N#C/C(=C\c1ccc(Cl)s1)c1nnc2n1CCCCC2. The Labute approximate surface area is 126 Å². The van der Waals surface area contributed by atoms with Crippen LogP contribution in [0.3, 0.4) is 0 Å². The maximum atomic E-state index is 9.41. The molecular formula is C14H13ClN4S. The average Bonchev–Trinajstić information content (AvgIpc) is 2.96. The number of hydrogen-bond acceptors (Lipinski definition) is 4. The Balaban J connectivity index is 2.00. The molecular weight excluding hydrogens is 292 g/mol. The smallest absolute Gasteiger partial charge is 0.174 e. The predicted molar refractivity (Wildman–Crippen MR) is 80.4 cm³/mol. The minimum atomic E-state index is 0.546. The summed E-state index contributed by atoms with van der Waals surface area (Å²) in [5, 5.41) is 17.8. The van der Waals surface area contributed by atoms with Crippen LogP contribution in [0.2, 0.25) is 4.34 Å². The van der Waals surface area contributed by atoms with Gasteiger partial charge in [0.15, 0.2) is 5.82 Å². The van der Waals surface area contributed by atoms with Gasteiger partial charge in [-0.3, -0.25) is 0 Å². The summed E-state index contributed by atoms with van der Waals surface area (Å²) in [6.07, 6.45) is 6.23. The summed E-state index contributed by atoms with van der Waals surface area (Å²) in [5.74, 6) is 1.66. The van der Waals surface area contributed by atoms with Crippen LogP contribution in [0.5, 0.6) is 0 Å². The van der Waals surface area contributed by atoms with Crippen molar-refractivity contribution in [2.75, 3.05) is 0 Å². The van der Waals surface area contributed by atoms with Crippen molar-refractivity contribution in [1.82, 2.24) is 14.8 Å². The third kappa shape index (κ3) is 2.62. The molecule has 0 saturated heterocycles. The first-order valence-corrected chi connectivity index (χ1v) is 7.77. The lowest BCUT2D eigenvalue weighted by atomic mass is 10.2. The van der Waals surface area contributed by atoms with Crippen LogP contribution in [-0.2, 0) is 13.0 Å². The minimum Gasteiger partial charge on any atom is -0.310 e. The molecule has 4 nitrogen and oxygen atoms in total.